The van der Waals surface area contributed by atoms with Gasteiger partial charge in [-0.15, -0.1) is 0 Å². The van der Waals surface area contributed by atoms with Gasteiger partial charge in [-0.1, -0.05) is 6.92 Å². The molecule has 1 aromatic heterocycles. The van der Waals surface area contributed by atoms with Gasteiger partial charge in [0.05, 0.1) is 0 Å². The Morgan fingerprint density at radius 3 is 2.71 bits per heavy atom. The summed E-state index contributed by atoms with van der Waals surface area (Å²) in [7, 11) is 4.12. The molecule has 0 aliphatic carbocycles. The summed E-state index contributed by atoms with van der Waals surface area (Å²) in [4.78, 5) is 14.2. The van der Waals surface area contributed by atoms with E-state index in [1.54, 1.807) is 0 Å². The summed E-state index contributed by atoms with van der Waals surface area (Å²) in [5.74, 6) is 0.0176. The minimum absolute atomic E-state index is 0.0176. The third-order valence-corrected chi connectivity index (χ3v) is 4.32. The number of hydrogen-bond donors (Lipinski definition) is 3. The van der Waals surface area contributed by atoms with Gasteiger partial charge < -0.3 is 25.2 Å². The van der Waals surface area contributed by atoms with E-state index in [2.05, 4.69) is 46.5 Å². The Hall–Kier alpha value is -2.05. The molecule has 6 nitrogen and oxygen atoms in total. The van der Waals surface area contributed by atoms with Gasteiger partial charge in [0, 0.05) is 48.5 Å². The highest BCUT2D eigenvalue weighted by Crippen LogP contribution is 2.20. The lowest BCUT2D eigenvalue weighted by Gasteiger charge is -2.19. The molecule has 0 saturated heterocycles. The monoisotopic (exact) mass is 332 g/mol. The van der Waals surface area contributed by atoms with Crippen molar-refractivity contribution in [3.8, 4) is 0 Å². The first-order valence-electron chi connectivity index (χ1n) is 8.32. The van der Waals surface area contributed by atoms with Gasteiger partial charge in [-0.2, -0.15) is 0 Å². The zero-order valence-electron chi connectivity index (χ0n) is 14.9. The van der Waals surface area contributed by atoms with Gasteiger partial charge in [0.2, 0.25) is 0 Å². The van der Waals surface area contributed by atoms with Gasteiger partial charge in [0.25, 0.3) is 0 Å². The molecule has 1 aromatic carbocycles. The number of anilines is 1. The maximum Gasteiger partial charge on any atom is 0.319 e. The Balaban J connectivity index is 2.02. The Morgan fingerprint density at radius 2 is 2.04 bits per heavy atom. The Labute approximate surface area is 143 Å². The van der Waals surface area contributed by atoms with Crippen LogP contribution in [0.5, 0.6) is 0 Å². The van der Waals surface area contributed by atoms with Crippen molar-refractivity contribution < 1.29 is 9.90 Å². The number of amides is 2. The van der Waals surface area contributed by atoms with E-state index in [0.29, 0.717) is 0 Å². The van der Waals surface area contributed by atoms with Gasteiger partial charge in [-0.25, -0.2) is 4.79 Å². The molecule has 2 amide bonds. The number of likely N-dealkylation sites (N-methyl/N-ethyl adjacent to an activating group) is 1. The molecule has 0 saturated carbocycles. The maximum absolute atomic E-state index is 12.0. The van der Waals surface area contributed by atoms with Crippen LogP contribution in [0.25, 0.3) is 10.9 Å². The van der Waals surface area contributed by atoms with E-state index in [1.807, 2.05) is 32.0 Å². The van der Waals surface area contributed by atoms with E-state index in [4.69, 9.17) is 5.11 Å². The second-order valence-electron chi connectivity index (χ2n) is 6.63. The highest BCUT2D eigenvalue weighted by molar-refractivity contribution is 5.93. The predicted molar refractivity (Wildman–Crippen MR) is 98.4 cm³/mol. The van der Waals surface area contributed by atoms with E-state index in [9.17, 15) is 4.79 Å². The molecule has 1 heterocycles. The van der Waals surface area contributed by atoms with Gasteiger partial charge in [0.1, 0.15) is 0 Å². The lowest BCUT2D eigenvalue weighted by atomic mass is 10.1. The fourth-order valence-electron chi connectivity index (χ4n) is 2.45. The van der Waals surface area contributed by atoms with Crippen molar-refractivity contribution in [2.45, 2.75) is 26.4 Å². The highest BCUT2D eigenvalue weighted by Gasteiger charge is 2.14. The summed E-state index contributed by atoms with van der Waals surface area (Å²) in [6, 6.07) is 7.63. The number of carbonyl (C=O) groups excluding carboxylic acids is 1. The number of aliphatic hydroxyl groups is 1. The van der Waals surface area contributed by atoms with Crippen LogP contribution >= 0.6 is 0 Å². The molecule has 2 aromatic rings. The zero-order chi connectivity index (χ0) is 17.7. The van der Waals surface area contributed by atoms with Crippen molar-refractivity contribution in [1.82, 2.24) is 14.8 Å². The summed E-state index contributed by atoms with van der Waals surface area (Å²) in [6.45, 7) is 5.74. The average Bonchev–Trinajstić information content (AvgIpc) is 2.94. The van der Waals surface area contributed by atoms with Crippen LogP contribution in [0.2, 0.25) is 0 Å². The molecule has 3 N–H and O–H groups in total. The molecular formula is C18H28N4O2. The summed E-state index contributed by atoms with van der Waals surface area (Å²) in [5, 5.41) is 15.9. The van der Waals surface area contributed by atoms with Crippen LogP contribution in [0.1, 0.15) is 13.8 Å². The standard InChI is InChI=1S/C18H28N4O2/c1-13(12-23)14(2)19-18(24)20-16-5-6-17-15(11-16)7-8-22(17)10-9-21(3)4/h5-8,11,13-14,23H,9-10,12H2,1-4H3,(H2,19,20,24)/t13-,14-/m0/s1. The minimum atomic E-state index is -0.255. The SMILES string of the molecule is C[C@H](NC(=O)Nc1ccc2c(ccn2CCN(C)C)c1)[C@@H](C)CO. The van der Waals surface area contributed by atoms with Crippen molar-refractivity contribution in [3.63, 3.8) is 0 Å². The topological polar surface area (TPSA) is 69.5 Å². The van der Waals surface area contributed by atoms with Crippen molar-refractivity contribution in [2.24, 2.45) is 5.92 Å². The van der Waals surface area contributed by atoms with Crippen LogP contribution in [0.4, 0.5) is 10.5 Å². The van der Waals surface area contributed by atoms with Crippen molar-refractivity contribution >= 4 is 22.6 Å². The Bertz CT molecular complexity index is 681. The molecule has 0 fully saturated rings. The normalized spacial score (nSPS) is 13.9. The number of nitrogens with zero attached hydrogens (tertiary/aromatic N) is 2. The van der Waals surface area contributed by atoms with Crippen LogP contribution in [-0.2, 0) is 6.54 Å². The fraction of sp³-hybridized carbons (Fsp3) is 0.500. The van der Waals surface area contributed by atoms with E-state index in [0.717, 1.165) is 29.7 Å². The first-order chi connectivity index (χ1) is 11.4. The third kappa shape index (κ3) is 4.72. The van der Waals surface area contributed by atoms with Crippen molar-refractivity contribution in [1.29, 1.82) is 0 Å². The fourth-order valence-corrected chi connectivity index (χ4v) is 2.45. The number of nitrogens with one attached hydrogen (secondary N) is 2. The molecule has 132 valence electrons. The molecule has 0 unspecified atom stereocenters. The summed E-state index contributed by atoms with van der Waals surface area (Å²) >= 11 is 0. The molecule has 6 heteroatoms. The molecule has 24 heavy (non-hydrogen) atoms. The number of carbonyl (C=O) groups is 1. The van der Waals surface area contributed by atoms with Crippen LogP contribution < -0.4 is 10.6 Å². The number of aromatic nitrogens is 1. The number of aliphatic hydroxyl groups excluding tert-OH is 1. The second kappa shape index (κ2) is 8.17. The molecule has 0 bridgehead atoms. The van der Waals surface area contributed by atoms with Crippen LogP contribution in [0.15, 0.2) is 30.5 Å². The van der Waals surface area contributed by atoms with Crippen LogP contribution in [0.3, 0.4) is 0 Å². The number of urea groups is 1. The molecular weight excluding hydrogens is 304 g/mol. The van der Waals surface area contributed by atoms with Crippen LogP contribution in [-0.4, -0.2) is 53.9 Å². The van der Waals surface area contributed by atoms with E-state index in [-0.39, 0.29) is 24.6 Å². The third-order valence-electron chi connectivity index (χ3n) is 4.32. The smallest absolute Gasteiger partial charge is 0.319 e. The second-order valence-corrected chi connectivity index (χ2v) is 6.63. The van der Waals surface area contributed by atoms with E-state index in [1.165, 1.54) is 0 Å². The summed E-state index contributed by atoms with van der Waals surface area (Å²) < 4.78 is 2.21. The van der Waals surface area contributed by atoms with Gasteiger partial charge in [0.15, 0.2) is 0 Å². The van der Waals surface area contributed by atoms with Gasteiger partial charge >= 0.3 is 6.03 Å². The molecule has 0 radical (unpaired) electrons. The van der Waals surface area contributed by atoms with Gasteiger partial charge in [-0.3, -0.25) is 0 Å². The average molecular weight is 332 g/mol. The number of hydrogen-bond acceptors (Lipinski definition) is 3. The molecule has 0 aliphatic rings. The number of fused-ring (bicyclic) bond motifs is 1. The number of rotatable bonds is 7. The van der Waals surface area contributed by atoms with E-state index >= 15 is 0 Å². The molecule has 2 rings (SSSR count). The first kappa shape index (κ1) is 18.3. The zero-order valence-corrected chi connectivity index (χ0v) is 14.9. The largest absolute Gasteiger partial charge is 0.396 e. The summed E-state index contributed by atoms with van der Waals surface area (Å²) in [5.41, 5.74) is 1.92. The van der Waals surface area contributed by atoms with Crippen molar-refractivity contribution in [2.75, 3.05) is 32.6 Å². The summed E-state index contributed by atoms with van der Waals surface area (Å²) in [6.07, 6.45) is 2.07. The minimum Gasteiger partial charge on any atom is -0.396 e. The lowest BCUT2D eigenvalue weighted by molar-refractivity contribution is 0.204. The highest BCUT2D eigenvalue weighted by atomic mass is 16.3. The Kier molecular flexibility index (Phi) is 6.23. The quantitative estimate of drug-likeness (QED) is 0.729. The lowest BCUT2D eigenvalue weighted by Crippen LogP contribution is -2.40. The van der Waals surface area contributed by atoms with Crippen LogP contribution in [0, 0.1) is 5.92 Å². The molecule has 0 aliphatic heterocycles. The van der Waals surface area contributed by atoms with E-state index < -0.39 is 0 Å². The first-order valence-corrected chi connectivity index (χ1v) is 8.32. The Morgan fingerprint density at radius 1 is 1.29 bits per heavy atom. The predicted octanol–water partition coefficient (Wildman–Crippen LogP) is 2.34. The van der Waals surface area contributed by atoms with Crippen molar-refractivity contribution in [3.05, 3.63) is 30.5 Å². The number of benzene rings is 1. The molecule has 0 spiro atoms. The maximum atomic E-state index is 12.0. The van der Waals surface area contributed by atoms with Gasteiger partial charge in [-0.05, 0) is 51.2 Å². The molecule has 2 atom stereocenters.